The number of hydrogen-bond donors (Lipinski definition) is 2. The monoisotopic (exact) mass is 211 g/mol. The zero-order valence-electron chi connectivity index (χ0n) is 8.90. The Labute approximate surface area is 89.3 Å². The van der Waals surface area contributed by atoms with Gasteiger partial charge in [0.2, 0.25) is 0 Å². The lowest BCUT2D eigenvalue weighted by Gasteiger charge is -2.12. The number of carboxylic acids is 1. The molecule has 1 atom stereocenters. The topological polar surface area (TPSA) is 62.5 Å². The van der Waals surface area contributed by atoms with Crippen molar-refractivity contribution in [2.45, 2.75) is 32.2 Å². The second kappa shape index (κ2) is 6.24. The van der Waals surface area contributed by atoms with Crippen LogP contribution in [0.2, 0.25) is 0 Å². The van der Waals surface area contributed by atoms with Gasteiger partial charge in [0.15, 0.2) is 0 Å². The fourth-order valence-corrected chi connectivity index (χ4v) is 1.43. The molecular formula is C11H17NO3. The average Bonchev–Trinajstić information content (AvgIpc) is 2.69. The van der Waals surface area contributed by atoms with E-state index in [-0.39, 0.29) is 0 Å². The second-order valence-electron chi connectivity index (χ2n) is 3.46. The minimum atomic E-state index is -0.781. The van der Waals surface area contributed by atoms with Crippen molar-refractivity contribution in [2.75, 3.05) is 6.54 Å². The van der Waals surface area contributed by atoms with Crippen molar-refractivity contribution in [3.63, 3.8) is 0 Å². The van der Waals surface area contributed by atoms with Gasteiger partial charge >= 0.3 is 5.97 Å². The second-order valence-corrected chi connectivity index (χ2v) is 3.46. The minimum Gasteiger partial charge on any atom is -0.480 e. The Bertz CT molecular complexity index is 282. The van der Waals surface area contributed by atoms with Gasteiger partial charge in [-0.25, -0.2) is 0 Å². The van der Waals surface area contributed by atoms with E-state index in [0.29, 0.717) is 13.0 Å². The Morgan fingerprint density at radius 3 is 3.00 bits per heavy atom. The minimum absolute atomic E-state index is 0.440. The summed E-state index contributed by atoms with van der Waals surface area (Å²) in [6.07, 6.45) is 3.87. The molecule has 0 aliphatic rings. The zero-order valence-corrected chi connectivity index (χ0v) is 8.90. The van der Waals surface area contributed by atoms with Crippen LogP contribution in [0.5, 0.6) is 0 Å². The van der Waals surface area contributed by atoms with Crippen molar-refractivity contribution in [2.24, 2.45) is 0 Å². The largest absolute Gasteiger partial charge is 0.480 e. The summed E-state index contributed by atoms with van der Waals surface area (Å²) in [6.45, 7) is 2.61. The quantitative estimate of drug-likeness (QED) is 0.720. The fourth-order valence-electron chi connectivity index (χ4n) is 1.43. The van der Waals surface area contributed by atoms with E-state index in [0.717, 1.165) is 18.6 Å². The van der Waals surface area contributed by atoms with Gasteiger partial charge in [0.05, 0.1) is 6.26 Å². The van der Waals surface area contributed by atoms with Crippen LogP contribution >= 0.6 is 0 Å². The number of carboxylic acid groups (broad SMARTS) is 1. The molecule has 0 aromatic carbocycles. The summed E-state index contributed by atoms with van der Waals surface area (Å²) in [5, 5.41) is 11.9. The smallest absolute Gasteiger partial charge is 0.320 e. The number of furan rings is 1. The first kappa shape index (κ1) is 11.8. The summed E-state index contributed by atoms with van der Waals surface area (Å²) >= 11 is 0. The van der Waals surface area contributed by atoms with Crippen LogP contribution in [0.25, 0.3) is 0 Å². The SMILES string of the molecule is CCCC(NCCc1ccco1)C(=O)O. The van der Waals surface area contributed by atoms with Crippen LogP contribution in [0.3, 0.4) is 0 Å². The van der Waals surface area contributed by atoms with E-state index in [9.17, 15) is 4.79 Å². The Kier molecular flexibility index (Phi) is 4.90. The molecule has 4 heteroatoms. The third-order valence-corrected chi connectivity index (χ3v) is 2.22. The zero-order chi connectivity index (χ0) is 11.1. The average molecular weight is 211 g/mol. The number of carbonyl (C=O) groups is 1. The third kappa shape index (κ3) is 4.16. The highest BCUT2D eigenvalue weighted by molar-refractivity contribution is 5.73. The molecule has 0 saturated heterocycles. The Balaban J connectivity index is 2.25. The molecule has 1 aromatic heterocycles. The predicted octanol–water partition coefficient (Wildman–Crippen LogP) is 1.67. The van der Waals surface area contributed by atoms with Gasteiger partial charge in [-0.1, -0.05) is 13.3 Å². The van der Waals surface area contributed by atoms with Crippen molar-refractivity contribution in [1.29, 1.82) is 0 Å². The van der Waals surface area contributed by atoms with Gasteiger partial charge in [0.25, 0.3) is 0 Å². The lowest BCUT2D eigenvalue weighted by atomic mass is 10.1. The maximum atomic E-state index is 10.8. The van der Waals surface area contributed by atoms with Crippen LogP contribution in [-0.4, -0.2) is 23.7 Å². The highest BCUT2D eigenvalue weighted by Gasteiger charge is 2.14. The first-order chi connectivity index (χ1) is 7.24. The van der Waals surface area contributed by atoms with Gasteiger partial charge in [0.1, 0.15) is 11.8 Å². The van der Waals surface area contributed by atoms with Crippen molar-refractivity contribution < 1.29 is 14.3 Å². The number of rotatable bonds is 7. The summed E-state index contributed by atoms with van der Waals surface area (Å²) in [4.78, 5) is 10.8. The molecule has 0 spiro atoms. The van der Waals surface area contributed by atoms with E-state index < -0.39 is 12.0 Å². The molecule has 0 saturated carbocycles. The standard InChI is InChI=1S/C11H17NO3/c1-2-4-10(11(13)14)12-7-6-9-5-3-8-15-9/h3,5,8,10,12H,2,4,6-7H2,1H3,(H,13,14). The van der Waals surface area contributed by atoms with E-state index in [1.54, 1.807) is 6.26 Å². The molecule has 2 N–H and O–H groups in total. The van der Waals surface area contributed by atoms with E-state index in [4.69, 9.17) is 9.52 Å². The Hall–Kier alpha value is -1.29. The normalized spacial score (nSPS) is 12.6. The molecule has 15 heavy (non-hydrogen) atoms. The summed E-state index contributed by atoms with van der Waals surface area (Å²) < 4.78 is 5.15. The first-order valence-electron chi connectivity index (χ1n) is 5.22. The van der Waals surface area contributed by atoms with Gasteiger partial charge in [-0.05, 0) is 18.6 Å². The molecule has 0 amide bonds. The van der Waals surface area contributed by atoms with Crippen LogP contribution in [0.4, 0.5) is 0 Å². The molecule has 0 bridgehead atoms. The summed E-state index contributed by atoms with van der Waals surface area (Å²) in [5.41, 5.74) is 0. The van der Waals surface area contributed by atoms with Crippen LogP contribution in [0.1, 0.15) is 25.5 Å². The molecule has 1 aromatic rings. The Morgan fingerprint density at radius 1 is 1.67 bits per heavy atom. The lowest BCUT2D eigenvalue weighted by molar-refractivity contribution is -0.139. The molecular weight excluding hydrogens is 194 g/mol. The highest BCUT2D eigenvalue weighted by atomic mass is 16.4. The number of aliphatic carboxylic acids is 1. The van der Waals surface area contributed by atoms with Gasteiger partial charge in [-0.2, -0.15) is 0 Å². The Morgan fingerprint density at radius 2 is 2.47 bits per heavy atom. The van der Waals surface area contributed by atoms with Crippen LogP contribution < -0.4 is 5.32 Å². The van der Waals surface area contributed by atoms with Crippen molar-refractivity contribution >= 4 is 5.97 Å². The maximum absolute atomic E-state index is 10.8. The van der Waals surface area contributed by atoms with Crippen molar-refractivity contribution in [3.05, 3.63) is 24.2 Å². The fraction of sp³-hybridized carbons (Fsp3) is 0.545. The van der Waals surface area contributed by atoms with E-state index in [2.05, 4.69) is 5.32 Å². The van der Waals surface area contributed by atoms with Gasteiger partial charge in [-0.3, -0.25) is 4.79 Å². The third-order valence-electron chi connectivity index (χ3n) is 2.22. The molecule has 4 nitrogen and oxygen atoms in total. The van der Waals surface area contributed by atoms with Gasteiger partial charge in [-0.15, -0.1) is 0 Å². The van der Waals surface area contributed by atoms with Crippen molar-refractivity contribution in [3.8, 4) is 0 Å². The number of nitrogens with one attached hydrogen (secondary N) is 1. The molecule has 0 radical (unpaired) electrons. The first-order valence-corrected chi connectivity index (χ1v) is 5.22. The van der Waals surface area contributed by atoms with E-state index >= 15 is 0 Å². The van der Waals surface area contributed by atoms with E-state index in [1.165, 1.54) is 0 Å². The van der Waals surface area contributed by atoms with Gasteiger partial charge in [0, 0.05) is 13.0 Å². The molecule has 84 valence electrons. The molecule has 0 fully saturated rings. The molecule has 0 aliphatic heterocycles. The highest BCUT2D eigenvalue weighted by Crippen LogP contribution is 2.01. The summed E-state index contributed by atoms with van der Waals surface area (Å²) in [6, 6.07) is 3.28. The maximum Gasteiger partial charge on any atom is 0.320 e. The molecule has 1 rings (SSSR count). The van der Waals surface area contributed by atoms with Crippen LogP contribution in [-0.2, 0) is 11.2 Å². The van der Waals surface area contributed by atoms with Gasteiger partial charge < -0.3 is 14.8 Å². The van der Waals surface area contributed by atoms with E-state index in [1.807, 2.05) is 19.1 Å². The van der Waals surface area contributed by atoms with Crippen molar-refractivity contribution in [1.82, 2.24) is 5.32 Å². The molecule has 1 unspecified atom stereocenters. The lowest BCUT2D eigenvalue weighted by Crippen LogP contribution is -2.37. The molecule has 1 heterocycles. The van der Waals surface area contributed by atoms with Crippen LogP contribution in [0, 0.1) is 0 Å². The number of hydrogen-bond acceptors (Lipinski definition) is 3. The molecule has 0 aliphatic carbocycles. The summed E-state index contributed by atoms with van der Waals surface area (Å²) in [5.74, 6) is 0.0967. The van der Waals surface area contributed by atoms with Crippen LogP contribution in [0.15, 0.2) is 22.8 Å². The summed E-state index contributed by atoms with van der Waals surface area (Å²) in [7, 11) is 0. The predicted molar refractivity (Wildman–Crippen MR) is 56.7 cm³/mol.